The van der Waals surface area contributed by atoms with E-state index in [1.165, 1.54) is 25.7 Å². The summed E-state index contributed by atoms with van der Waals surface area (Å²) in [6, 6.07) is 0. The largest absolute Gasteiger partial charge is 0.389 e. The zero-order valence-electron chi connectivity index (χ0n) is 13.9. The average molecular weight is 320 g/mol. The Balaban J connectivity index is 1.46. The maximum atomic E-state index is 12.1. The van der Waals surface area contributed by atoms with E-state index in [9.17, 15) is 9.90 Å². The van der Waals surface area contributed by atoms with E-state index in [4.69, 9.17) is 0 Å². The summed E-state index contributed by atoms with van der Waals surface area (Å²) in [6.45, 7) is 1.55. The fourth-order valence-electron chi connectivity index (χ4n) is 3.79. The maximum Gasteiger partial charge on any atom is 0.222 e. The molecule has 2 heterocycles. The van der Waals surface area contributed by atoms with Gasteiger partial charge < -0.3 is 15.0 Å². The summed E-state index contributed by atoms with van der Waals surface area (Å²) in [5.74, 6) is 2.00. The van der Waals surface area contributed by atoms with Crippen LogP contribution in [-0.2, 0) is 24.2 Å². The molecule has 0 spiro atoms. The van der Waals surface area contributed by atoms with Crippen LogP contribution in [0.1, 0.15) is 69.4 Å². The van der Waals surface area contributed by atoms with Gasteiger partial charge in [0.05, 0.1) is 12.0 Å². The van der Waals surface area contributed by atoms with Crippen molar-refractivity contribution >= 4 is 5.91 Å². The minimum atomic E-state index is -0.783. The minimum Gasteiger partial charge on any atom is -0.389 e. The quantitative estimate of drug-likeness (QED) is 0.866. The summed E-state index contributed by atoms with van der Waals surface area (Å²) < 4.78 is 2.22. The van der Waals surface area contributed by atoms with Gasteiger partial charge in [0, 0.05) is 25.9 Å². The van der Waals surface area contributed by atoms with Crippen LogP contribution in [0.3, 0.4) is 0 Å². The highest BCUT2D eigenvalue weighted by Gasteiger charge is 2.31. The van der Waals surface area contributed by atoms with Gasteiger partial charge in [-0.3, -0.25) is 4.79 Å². The van der Waals surface area contributed by atoms with Gasteiger partial charge in [-0.25, -0.2) is 0 Å². The summed E-state index contributed by atoms with van der Waals surface area (Å²) in [5, 5.41) is 21.9. The first-order chi connectivity index (χ1) is 11.2. The van der Waals surface area contributed by atoms with Crippen molar-refractivity contribution in [2.75, 3.05) is 6.54 Å². The number of hydrogen-bond donors (Lipinski definition) is 2. The predicted octanol–water partition coefficient (Wildman–Crippen LogP) is 1.75. The lowest BCUT2D eigenvalue weighted by atomic mass is 9.82. The number of rotatable bonds is 5. The van der Waals surface area contributed by atoms with Crippen molar-refractivity contribution < 1.29 is 9.90 Å². The van der Waals surface area contributed by atoms with Crippen molar-refractivity contribution in [1.82, 2.24) is 20.1 Å². The molecule has 1 aliphatic carbocycles. The lowest BCUT2D eigenvalue weighted by molar-refractivity contribution is -0.127. The van der Waals surface area contributed by atoms with Gasteiger partial charge in [-0.15, -0.1) is 10.2 Å². The zero-order chi connectivity index (χ0) is 16.1. The fraction of sp³-hybridized carbons (Fsp3) is 0.824. The van der Waals surface area contributed by atoms with Crippen molar-refractivity contribution in [3.05, 3.63) is 11.6 Å². The maximum absolute atomic E-state index is 12.1. The van der Waals surface area contributed by atoms with Crippen LogP contribution >= 0.6 is 0 Å². The SMILES string of the molecule is O=C(CC1(O)CCCCC1)NCCc1nnc2n1CCCCC2. The van der Waals surface area contributed by atoms with Gasteiger partial charge in [0.1, 0.15) is 11.6 Å². The lowest BCUT2D eigenvalue weighted by Gasteiger charge is -2.31. The Morgan fingerprint density at radius 1 is 1.13 bits per heavy atom. The Kier molecular flexibility index (Phi) is 5.30. The van der Waals surface area contributed by atoms with E-state index in [-0.39, 0.29) is 12.3 Å². The number of amides is 1. The van der Waals surface area contributed by atoms with Gasteiger partial charge in [-0.2, -0.15) is 0 Å². The molecule has 1 aromatic heterocycles. The second kappa shape index (κ2) is 7.43. The van der Waals surface area contributed by atoms with Gasteiger partial charge >= 0.3 is 0 Å². The van der Waals surface area contributed by atoms with Crippen molar-refractivity contribution in [3.63, 3.8) is 0 Å². The molecule has 6 heteroatoms. The predicted molar refractivity (Wildman–Crippen MR) is 86.9 cm³/mol. The van der Waals surface area contributed by atoms with Crippen molar-refractivity contribution in [2.45, 2.75) is 82.8 Å². The first kappa shape index (κ1) is 16.4. The Hall–Kier alpha value is -1.43. The second-order valence-electron chi connectivity index (χ2n) is 7.06. The highest BCUT2D eigenvalue weighted by molar-refractivity contribution is 5.77. The van der Waals surface area contributed by atoms with Gasteiger partial charge in [0.2, 0.25) is 5.91 Å². The number of nitrogens with zero attached hydrogens (tertiary/aromatic N) is 3. The third-order valence-corrected chi connectivity index (χ3v) is 5.13. The Bertz CT molecular complexity index is 535. The molecule has 0 saturated heterocycles. The molecule has 1 saturated carbocycles. The Morgan fingerprint density at radius 3 is 2.74 bits per heavy atom. The van der Waals surface area contributed by atoms with E-state index in [1.54, 1.807) is 0 Å². The second-order valence-corrected chi connectivity index (χ2v) is 7.06. The normalized spacial score (nSPS) is 20.6. The van der Waals surface area contributed by atoms with Crippen LogP contribution in [0.4, 0.5) is 0 Å². The summed E-state index contributed by atoms with van der Waals surface area (Å²) in [6.07, 6.45) is 10.3. The van der Waals surface area contributed by atoms with Crippen molar-refractivity contribution in [2.24, 2.45) is 0 Å². The molecular formula is C17H28N4O2. The number of aliphatic hydroxyl groups is 1. The number of aromatic nitrogens is 3. The smallest absolute Gasteiger partial charge is 0.222 e. The molecule has 2 aliphatic rings. The third kappa shape index (κ3) is 4.31. The molecule has 0 bridgehead atoms. The third-order valence-electron chi connectivity index (χ3n) is 5.13. The summed E-state index contributed by atoms with van der Waals surface area (Å²) in [4.78, 5) is 12.1. The van der Waals surface area contributed by atoms with E-state index in [0.29, 0.717) is 13.0 Å². The molecule has 0 aromatic carbocycles. The first-order valence-corrected chi connectivity index (χ1v) is 9.06. The van der Waals surface area contributed by atoms with Crippen molar-refractivity contribution in [1.29, 1.82) is 0 Å². The van der Waals surface area contributed by atoms with Gasteiger partial charge in [-0.1, -0.05) is 25.7 Å². The van der Waals surface area contributed by atoms with E-state index >= 15 is 0 Å². The van der Waals surface area contributed by atoms with Crippen molar-refractivity contribution in [3.8, 4) is 0 Å². The molecule has 0 unspecified atom stereocenters. The molecule has 1 fully saturated rings. The molecule has 1 aromatic rings. The first-order valence-electron chi connectivity index (χ1n) is 9.06. The van der Waals surface area contributed by atoms with Gasteiger partial charge in [0.15, 0.2) is 0 Å². The summed E-state index contributed by atoms with van der Waals surface area (Å²) >= 11 is 0. The average Bonchev–Trinajstić information content (AvgIpc) is 2.76. The molecule has 3 rings (SSSR count). The van der Waals surface area contributed by atoms with Crippen LogP contribution in [0.5, 0.6) is 0 Å². The molecule has 1 amide bonds. The van der Waals surface area contributed by atoms with Crippen LogP contribution in [0, 0.1) is 0 Å². The molecule has 128 valence electrons. The van der Waals surface area contributed by atoms with E-state index < -0.39 is 5.60 Å². The Labute approximate surface area is 137 Å². The highest BCUT2D eigenvalue weighted by atomic mass is 16.3. The molecule has 1 aliphatic heterocycles. The van der Waals surface area contributed by atoms with Gasteiger partial charge in [0.25, 0.3) is 0 Å². The fourth-order valence-corrected chi connectivity index (χ4v) is 3.79. The molecule has 23 heavy (non-hydrogen) atoms. The minimum absolute atomic E-state index is 0.0509. The van der Waals surface area contributed by atoms with Gasteiger partial charge in [-0.05, 0) is 25.7 Å². The Morgan fingerprint density at radius 2 is 1.91 bits per heavy atom. The molecule has 0 radical (unpaired) electrons. The van der Waals surface area contributed by atoms with E-state index in [2.05, 4.69) is 20.1 Å². The van der Waals surface area contributed by atoms with Crippen LogP contribution in [0.15, 0.2) is 0 Å². The molecular weight excluding hydrogens is 292 g/mol. The standard InChI is InChI=1S/C17H28N4O2/c22-16(13-17(23)9-4-2-5-10-17)18-11-8-15-20-19-14-7-3-1-6-12-21(14)15/h23H,1-13H2,(H,18,22). The van der Waals surface area contributed by atoms with Crippen LogP contribution in [0.2, 0.25) is 0 Å². The van der Waals surface area contributed by atoms with Crippen LogP contribution in [-0.4, -0.2) is 37.9 Å². The number of hydrogen-bond acceptors (Lipinski definition) is 4. The number of nitrogens with one attached hydrogen (secondary N) is 1. The van der Waals surface area contributed by atoms with Crippen LogP contribution in [0.25, 0.3) is 0 Å². The van der Waals surface area contributed by atoms with E-state index in [1.807, 2.05) is 0 Å². The summed E-state index contributed by atoms with van der Waals surface area (Å²) in [7, 11) is 0. The zero-order valence-corrected chi connectivity index (χ0v) is 13.9. The lowest BCUT2D eigenvalue weighted by Crippen LogP contribution is -2.39. The van der Waals surface area contributed by atoms with E-state index in [0.717, 1.165) is 50.3 Å². The number of carbonyl (C=O) groups is 1. The van der Waals surface area contributed by atoms with Crippen LogP contribution < -0.4 is 5.32 Å². The molecule has 0 atom stereocenters. The molecule has 2 N–H and O–H groups in total. The topological polar surface area (TPSA) is 80.0 Å². The highest BCUT2D eigenvalue weighted by Crippen LogP contribution is 2.30. The molecule has 6 nitrogen and oxygen atoms in total. The number of carbonyl (C=O) groups excluding carboxylic acids is 1. The number of aryl methyl sites for hydroxylation is 1. The number of fused-ring (bicyclic) bond motifs is 1. The monoisotopic (exact) mass is 320 g/mol. The summed E-state index contributed by atoms with van der Waals surface area (Å²) in [5.41, 5.74) is -0.783.